The van der Waals surface area contributed by atoms with E-state index in [-0.39, 0.29) is 6.03 Å². The van der Waals surface area contributed by atoms with Gasteiger partial charge in [-0.1, -0.05) is 36.9 Å². The van der Waals surface area contributed by atoms with Crippen LogP contribution in [0.3, 0.4) is 0 Å². The van der Waals surface area contributed by atoms with Crippen molar-refractivity contribution in [2.75, 3.05) is 26.2 Å². The van der Waals surface area contributed by atoms with E-state index >= 15 is 0 Å². The molecule has 4 rings (SSSR count). The molecule has 1 heterocycles. The largest absolute Gasteiger partial charge is 0.457 e. The van der Waals surface area contributed by atoms with Gasteiger partial charge in [-0.05, 0) is 48.0 Å². The Morgan fingerprint density at radius 3 is 2.46 bits per heavy atom. The highest BCUT2D eigenvalue weighted by molar-refractivity contribution is 5.86. The summed E-state index contributed by atoms with van der Waals surface area (Å²) in [5, 5.41) is 11.9. The van der Waals surface area contributed by atoms with E-state index < -0.39 is 0 Å². The van der Waals surface area contributed by atoms with Gasteiger partial charge in [-0.25, -0.2) is 4.79 Å². The third kappa shape index (κ3) is 6.18. The molecule has 0 radical (unpaired) electrons. The molecular formula is C27H27N5O3. The highest BCUT2D eigenvalue weighted by Crippen LogP contribution is 2.24. The van der Waals surface area contributed by atoms with Gasteiger partial charge in [0.15, 0.2) is 5.75 Å². The standard InChI is InChI=1S/C27H27N5O3/c1-20(25-10-2-3-11-26(25)35-29)30-27(33)32-14-12-31(13-15-32)19-22-7-5-9-24(17-22)34-23-8-4-6-21(16-23)18-28/h2-11,16-17H,1,12-15,19,29H2,(H,30,33). The highest BCUT2D eigenvalue weighted by Gasteiger charge is 2.22. The fraction of sp³-hybridized carbons (Fsp3) is 0.185. The highest BCUT2D eigenvalue weighted by atomic mass is 16.6. The minimum absolute atomic E-state index is 0.198. The van der Waals surface area contributed by atoms with E-state index in [1.807, 2.05) is 30.3 Å². The number of piperazine rings is 1. The second kappa shape index (κ2) is 11.2. The van der Waals surface area contributed by atoms with E-state index in [1.54, 1.807) is 41.3 Å². The first-order valence-corrected chi connectivity index (χ1v) is 11.3. The van der Waals surface area contributed by atoms with E-state index in [4.69, 9.17) is 20.7 Å². The van der Waals surface area contributed by atoms with Gasteiger partial charge >= 0.3 is 6.03 Å². The second-order valence-electron chi connectivity index (χ2n) is 8.18. The van der Waals surface area contributed by atoms with Gasteiger partial charge in [0.05, 0.1) is 11.6 Å². The molecule has 8 nitrogen and oxygen atoms in total. The van der Waals surface area contributed by atoms with Crippen LogP contribution in [0, 0.1) is 11.3 Å². The number of nitrogens with two attached hydrogens (primary N) is 1. The van der Waals surface area contributed by atoms with E-state index in [0.717, 1.165) is 30.9 Å². The zero-order chi connectivity index (χ0) is 24.6. The van der Waals surface area contributed by atoms with Crippen molar-refractivity contribution >= 4 is 11.7 Å². The molecule has 1 fully saturated rings. The van der Waals surface area contributed by atoms with Crippen LogP contribution < -0.4 is 20.8 Å². The molecule has 0 unspecified atom stereocenters. The number of nitrogens with one attached hydrogen (secondary N) is 1. The van der Waals surface area contributed by atoms with Crippen LogP contribution in [0.15, 0.2) is 79.4 Å². The molecule has 1 aliphatic rings. The van der Waals surface area contributed by atoms with Crippen LogP contribution >= 0.6 is 0 Å². The number of hydrogen-bond acceptors (Lipinski definition) is 6. The van der Waals surface area contributed by atoms with Crippen LogP contribution in [-0.2, 0) is 6.54 Å². The Morgan fingerprint density at radius 2 is 1.71 bits per heavy atom. The Kier molecular flexibility index (Phi) is 7.63. The number of hydrogen-bond donors (Lipinski definition) is 2. The molecule has 0 saturated carbocycles. The molecule has 0 aliphatic carbocycles. The topological polar surface area (TPSA) is 104 Å². The first kappa shape index (κ1) is 23.8. The van der Waals surface area contributed by atoms with Gasteiger partial charge in [0.2, 0.25) is 0 Å². The van der Waals surface area contributed by atoms with Crippen LogP contribution in [0.2, 0.25) is 0 Å². The molecule has 1 saturated heterocycles. The van der Waals surface area contributed by atoms with Gasteiger partial charge in [-0.3, -0.25) is 4.90 Å². The molecule has 2 amide bonds. The van der Waals surface area contributed by atoms with Gasteiger partial charge < -0.3 is 19.8 Å². The molecule has 178 valence electrons. The molecule has 1 aliphatic heterocycles. The first-order valence-electron chi connectivity index (χ1n) is 11.3. The Labute approximate surface area is 204 Å². The average Bonchev–Trinajstić information content (AvgIpc) is 2.89. The molecule has 0 atom stereocenters. The van der Waals surface area contributed by atoms with Crippen LogP contribution in [0.4, 0.5) is 4.79 Å². The third-order valence-corrected chi connectivity index (χ3v) is 5.76. The summed E-state index contributed by atoms with van der Waals surface area (Å²) >= 11 is 0. The maximum absolute atomic E-state index is 12.7. The second-order valence-corrected chi connectivity index (χ2v) is 8.18. The SMILES string of the molecule is C=C(NC(=O)N1CCN(Cc2cccc(Oc3cccc(C#N)c3)c2)CC1)c1ccccc1ON. The number of urea groups is 1. The van der Waals surface area contributed by atoms with Crippen molar-refractivity contribution in [2.24, 2.45) is 5.90 Å². The Bertz CT molecular complexity index is 1250. The van der Waals surface area contributed by atoms with Crippen molar-refractivity contribution in [1.29, 1.82) is 5.26 Å². The minimum atomic E-state index is -0.198. The normalized spacial score (nSPS) is 13.5. The Hall–Kier alpha value is -4.32. The monoisotopic (exact) mass is 469 g/mol. The Morgan fingerprint density at radius 1 is 1.00 bits per heavy atom. The van der Waals surface area contributed by atoms with Crippen molar-refractivity contribution in [3.8, 4) is 23.3 Å². The molecule has 3 aromatic rings. The molecular weight excluding hydrogens is 442 g/mol. The summed E-state index contributed by atoms with van der Waals surface area (Å²) in [6.07, 6.45) is 0. The lowest BCUT2D eigenvalue weighted by Crippen LogP contribution is -2.51. The van der Waals surface area contributed by atoms with Crippen LogP contribution in [0.5, 0.6) is 17.2 Å². The fourth-order valence-electron chi connectivity index (χ4n) is 3.93. The molecule has 0 bridgehead atoms. The Balaban J connectivity index is 1.29. The quantitative estimate of drug-likeness (QED) is 0.505. The summed E-state index contributed by atoms with van der Waals surface area (Å²) in [5.41, 5.74) is 2.75. The van der Waals surface area contributed by atoms with Crippen molar-refractivity contribution < 1.29 is 14.4 Å². The van der Waals surface area contributed by atoms with E-state index in [0.29, 0.717) is 41.4 Å². The molecule has 0 aromatic heterocycles. The molecule has 3 N–H and O–H groups in total. The summed E-state index contributed by atoms with van der Waals surface area (Å²) in [5.74, 6) is 7.11. The number of rotatable bonds is 7. The van der Waals surface area contributed by atoms with Gasteiger partial charge in [0.25, 0.3) is 0 Å². The zero-order valence-electron chi connectivity index (χ0n) is 19.3. The average molecular weight is 470 g/mol. The molecule has 35 heavy (non-hydrogen) atoms. The predicted octanol–water partition coefficient (Wildman–Crippen LogP) is 4.10. The van der Waals surface area contributed by atoms with Gasteiger partial charge in [-0.2, -0.15) is 11.2 Å². The molecule has 3 aromatic carbocycles. The maximum Gasteiger partial charge on any atom is 0.321 e. The number of carbonyl (C=O) groups excluding carboxylic acids is 1. The number of para-hydroxylation sites is 1. The fourth-order valence-corrected chi connectivity index (χ4v) is 3.93. The first-order chi connectivity index (χ1) is 17.1. The number of nitrogens with zero attached hydrogens (tertiary/aromatic N) is 3. The summed E-state index contributed by atoms with van der Waals surface area (Å²) < 4.78 is 5.93. The van der Waals surface area contributed by atoms with E-state index in [9.17, 15) is 4.79 Å². The van der Waals surface area contributed by atoms with Gasteiger partial charge in [0, 0.05) is 44.0 Å². The van der Waals surface area contributed by atoms with E-state index in [2.05, 4.69) is 28.9 Å². The summed E-state index contributed by atoms with van der Waals surface area (Å²) in [7, 11) is 0. The van der Waals surface area contributed by atoms with Crippen molar-refractivity contribution in [1.82, 2.24) is 15.1 Å². The van der Waals surface area contributed by atoms with Crippen molar-refractivity contribution in [3.63, 3.8) is 0 Å². The van der Waals surface area contributed by atoms with E-state index in [1.165, 1.54) is 0 Å². The smallest absolute Gasteiger partial charge is 0.321 e. The lowest BCUT2D eigenvalue weighted by Gasteiger charge is -2.35. The number of ether oxygens (including phenoxy) is 1. The summed E-state index contributed by atoms with van der Waals surface area (Å²) in [6, 6.07) is 24.0. The number of benzene rings is 3. The predicted molar refractivity (Wildman–Crippen MR) is 133 cm³/mol. The van der Waals surface area contributed by atoms with Crippen molar-refractivity contribution in [2.45, 2.75) is 6.54 Å². The number of nitriles is 1. The molecule has 8 heteroatoms. The summed E-state index contributed by atoms with van der Waals surface area (Å²) in [4.78, 5) is 21.7. The van der Waals surface area contributed by atoms with Gasteiger partial charge in [0.1, 0.15) is 11.5 Å². The lowest BCUT2D eigenvalue weighted by molar-refractivity contribution is 0.137. The third-order valence-electron chi connectivity index (χ3n) is 5.76. The zero-order valence-corrected chi connectivity index (χ0v) is 19.3. The van der Waals surface area contributed by atoms with Crippen LogP contribution in [0.1, 0.15) is 16.7 Å². The molecule has 0 spiro atoms. The minimum Gasteiger partial charge on any atom is -0.457 e. The van der Waals surface area contributed by atoms with Crippen molar-refractivity contribution in [3.05, 3.63) is 96.1 Å². The van der Waals surface area contributed by atoms with Crippen LogP contribution in [-0.4, -0.2) is 42.0 Å². The van der Waals surface area contributed by atoms with Crippen LogP contribution in [0.25, 0.3) is 5.70 Å². The number of carbonyl (C=O) groups is 1. The maximum atomic E-state index is 12.7. The lowest BCUT2D eigenvalue weighted by atomic mass is 10.1. The van der Waals surface area contributed by atoms with Gasteiger partial charge in [-0.15, -0.1) is 0 Å². The number of amides is 2. The summed E-state index contributed by atoms with van der Waals surface area (Å²) in [6.45, 7) is 7.40.